The molecule has 0 amide bonds. The largest absolute Gasteiger partial charge is 0.494 e. The molecule has 0 aliphatic rings. The first-order valence-electron chi connectivity index (χ1n) is 7.94. The van der Waals surface area contributed by atoms with Gasteiger partial charge in [-0.1, -0.05) is 55.8 Å². The van der Waals surface area contributed by atoms with E-state index in [4.69, 9.17) is 4.74 Å². The van der Waals surface area contributed by atoms with Crippen LogP contribution in [0.3, 0.4) is 0 Å². The van der Waals surface area contributed by atoms with E-state index in [-0.39, 0.29) is 12.6 Å². The quantitative estimate of drug-likeness (QED) is 0.694. The van der Waals surface area contributed by atoms with Gasteiger partial charge in [-0.3, -0.25) is 0 Å². The van der Waals surface area contributed by atoms with E-state index in [2.05, 4.69) is 24.4 Å². The predicted molar refractivity (Wildman–Crippen MR) is 90.0 cm³/mol. The Morgan fingerprint density at radius 2 is 1.77 bits per heavy atom. The highest BCUT2D eigenvalue weighted by Gasteiger charge is 2.08. The monoisotopic (exact) mass is 299 g/mol. The van der Waals surface area contributed by atoms with Gasteiger partial charge < -0.3 is 15.2 Å². The Kier molecular flexibility index (Phi) is 6.94. The second kappa shape index (κ2) is 9.23. The molecule has 2 aromatic rings. The minimum absolute atomic E-state index is 0.0401. The smallest absolute Gasteiger partial charge is 0.119 e. The number of benzene rings is 2. The summed E-state index contributed by atoms with van der Waals surface area (Å²) in [6.07, 6.45) is 2.22. The Morgan fingerprint density at radius 1 is 1.05 bits per heavy atom. The highest BCUT2D eigenvalue weighted by atomic mass is 16.5. The van der Waals surface area contributed by atoms with Crippen molar-refractivity contribution >= 4 is 0 Å². The minimum Gasteiger partial charge on any atom is -0.494 e. The van der Waals surface area contributed by atoms with Crippen LogP contribution < -0.4 is 10.1 Å². The molecule has 0 aliphatic heterocycles. The fraction of sp³-hybridized carbons (Fsp3) is 0.368. The molecule has 1 atom stereocenters. The van der Waals surface area contributed by atoms with Gasteiger partial charge in [-0.15, -0.1) is 0 Å². The van der Waals surface area contributed by atoms with Gasteiger partial charge in [-0.25, -0.2) is 0 Å². The summed E-state index contributed by atoms with van der Waals surface area (Å²) in [4.78, 5) is 0. The summed E-state index contributed by atoms with van der Waals surface area (Å²) in [5.41, 5.74) is 2.28. The first kappa shape index (κ1) is 16.5. The number of rotatable bonds is 9. The van der Waals surface area contributed by atoms with Crippen LogP contribution in [0.15, 0.2) is 54.6 Å². The molecule has 2 rings (SSSR count). The molecular formula is C19H25NO2. The zero-order valence-corrected chi connectivity index (χ0v) is 13.2. The van der Waals surface area contributed by atoms with Crippen molar-refractivity contribution < 1.29 is 9.84 Å². The number of aliphatic hydroxyl groups excluding tert-OH is 1. The van der Waals surface area contributed by atoms with Gasteiger partial charge in [0.15, 0.2) is 0 Å². The van der Waals surface area contributed by atoms with Crippen LogP contribution in [-0.2, 0) is 6.54 Å². The molecule has 118 valence electrons. The fourth-order valence-corrected chi connectivity index (χ4v) is 2.25. The highest BCUT2D eigenvalue weighted by Crippen LogP contribution is 2.15. The third-order valence-corrected chi connectivity index (χ3v) is 3.63. The van der Waals surface area contributed by atoms with Crippen LogP contribution in [-0.4, -0.2) is 18.3 Å². The van der Waals surface area contributed by atoms with Crippen LogP contribution in [0.4, 0.5) is 0 Å². The van der Waals surface area contributed by atoms with Gasteiger partial charge >= 0.3 is 0 Å². The predicted octanol–water partition coefficient (Wildman–Crippen LogP) is 3.69. The zero-order valence-electron chi connectivity index (χ0n) is 13.2. The lowest BCUT2D eigenvalue weighted by Crippen LogP contribution is -2.23. The second-order valence-corrected chi connectivity index (χ2v) is 5.37. The summed E-state index contributed by atoms with van der Waals surface area (Å²) in [6.45, 7) is 3.73. The molecule has 3 nitrogen and oxygen atoms in total. The maximum absolute atomic E-state index is 9.54. The number of unbranched alkanes of at least 4 members (excludes halogenated alkanes) is 1. The van der Waals surface area contributed by atoms with Gasteiger partial charge in [0.05, 0.1) is 19.3 Å². The van der Waals surface area contributed by atoms with Gasteiger partial charge in [0.25, 0.3) is 0 Å². The molecular weight excluding hydrogens is 274 g/mol. The van der Waals surface area contributed by atoms with Crippen molar-refractivity contribution in [3.63, 3.8) is 0 Å². The van der Waals surface area contributed by atoms with Crippen molar-refractivity contribution in [2.75, 3.05) is 13.2 Å². The normalized spacial score (nSPS) is 12.1. The Balaban J connectivity index is 1.85. The minimum atomic E-state index is -0.0401. The van der Waals surface area contributed by atoms with Gasteiger partial charge in [0.1, 0.15) is 5.75 Å². The molecule has 1 unspecified atom stereocenters. The molecule has 0 heterocycles. The lowest BCUT2D eigenvalue weighted by atomic mass is 10.1. The van der Waals surface area contributed by atoms with Gasteiger partial charge in [0, 0.05) is 6.54 Å². The van der Waals surface area contributed by atoms with E-state index < -0.39 is 0 Å². The molecule has 2 N–H and O–H groups in total. The Bertz CT molecular complexity index is 525. The average molecular weight is 299 g/mol. The summed E-state index contributed by atoms with van der Waals surface area (Å²) in [6, 6.07) is 18.1. The topological polar surface area (TPSA) is 41.5 Å². The Labute approximate surface area is 133 Å². The fourth-order valence-electron chi connectivity index (χ4n) is 2.25. The van der Waals surface area contributed by atoms with Crippen LogP contribution in [0.25, 0.3) is 0 Å². The maximum atomic E-state index is 9.54. The summed E-state index contributed by atoms with van der Waals surface area (Å²) < 4.78 is 5.66. The van der Waals surface area contributed by atoms with E-state index in [1.165, 1.54) is 5.56 Å². The third-order valence-electron chi connectivity index (χ3n) is 3.63. The third kappa shape index (κ3) is 5.17. The highest BCUT2D eigenvalue weighted by molar-refractivity contribution is 5.27. The van der Waals surface area contributed by atoms with Crippen LogP contribution in [0.5, 0.6) is 5.75 Å². The number of ether oxygens (including phenoxy) is 1. The number of hydrogen-bond acceptors (Lipinski definition) is 3. The first-order chi connectivity index (χ1) is 10.8. The van der Waals surface area contributed by atoms with Crippen LogP contribution in [0.2, 0.25) is 0 Å². The van der Waals surface area contributed by atoms with Crippen molar-refractivity contribution in [3.8, 4) is 5.75 Å². The molecule has 0 spiro atoms. The van der Waals surface area contributed by atoms with Crippen molar-refractivity contribution in [1.82, 2.24) is 5.32 Å². The molecule has 0 saturated heterocycles. The number of nitrogens with one attached hydrogen (secondary N) is 1. The Hall–Kier alpha value is -1.84. The van der Waals surface area contributed by atoms with Crippen LogP contribution in [0, 0.1) is 0 Å². The van der Waals surface area contributed by atoms with E-state index in [1.807, 2.05) is 42.5 Å². The first-order valence-corrected chi connectivity index (χ1v) is 7.94. The lowest BCUT2D eigenvalue weighted by molar-refractivity contribution is 0.243. The molecule has 0 aliphatic carbocycles. The van der Waals surface area contributed by atoms with Crippen molar-refractivity contribution in [2.45, 2.75) is 32.4 Å². The van der Waals surface area contributed by atoms with Crippen molar-refractivity contribution in [3.05, 3.63) is 65.7 Å². The average Bonchev–Trinajstić information content (AvgIpc) is 2.58. The summed E-state index contributed by atoms with van der Waals surface area (Å²) in [7, 11) is 0. The molecule has 3 heteroatoms. The van der Waals surface area contributed by atoms with E-state index in [0.717, 1.165) is 37.3 Å². The SMILES string of the molecule is CCCCOc1ccc(CNC(CO)c2ccccc2)cc1. The number of hydrogen-bond donors (Lipinski definition) is 2. The molecule has 0 bridgehead atoms. The van der Waals surface area contributed by atoms with E-state index in [1.54, 1.807) is 0 Å². The van der Waals surface area contributed by atoms with E-state index in [9.17, 15) is 5.11 Å². The second-order valence-electron chi connectivity index (χ2n) is 5.37. The maximum Gasteiger partial charge on any atom is 0.119 e. The lowest BCUT2D eigenvalue weighted by Gasteiger charge is -2.17. The van der Waals surface area contributed by atoms with Crippen LogP contribution >= 0.6 is 0 Å². The van der Waals surface area contributed by atoms with Crippen molar-refractivity contribution in [1.29, 1.82) is 0 Å². The number of aliphatic hydroxyl groups is 1. The summed E-state index contributed by atoms with van der Waals surface area (Å²) in [5, 5.41) is 12.9. The standard InChI is InChI=1S/C19H25NO2/c1-2-3-13-22-18-11-9-16(10-12-18)14-20-19(15-21)17-7-5-4-6-8-17/h4-12,19-21H,2-3,13-15H2,1H3. The van der Waals surface area contributed by atoms with Crippen LogP contribution in [0.1, 0.15) is 36.9 Å². The van der Waals surface area contributed by atoms with E-state index >= 15 is 0 Å². The summed E-state index contributed by atoms with van der Waals surface area (Å²) >= 11 is 0. The van der Waals surface area contributed by atoms with Gasteiger partial charge in [-0.2, -0.15) is 0 Å². The molecule has 0 radical (unpaired) electrons. The molecule has 22 heavy (non-hydrogen) atoms. The Morgan fingerprint density at radius 3 is 2.41 bits per heavy atom. The van der Waals surface area contributed by atoms with Gasteiger partial charge in [0.2, 0.25) is 0 Å². The zero-order chi connectivity index (χ0) is 15.6. The van der Waals surface area contributed by atoms with Crippen molar-refractivity contribution in [2.24, 2.45) is 0 Å². The van der Waals surface area contributed by atoms with E-state index in [0.29, 0.717) is 0 Å². The summed E-state index contributed by atoms with van der Waals surface area (Å²) in [5.74, 6) is 0.916. The van der Waals surface area contributed by atoms with Gasteiger partial charge in [-0.05, 0) is 29.7 Å². The molecule has 2 aromatic carbocycles. The molecule has 0 saturated carbocycles. The molecule has 0 aromatic heterocycles. The molecule has 0 fully saturated rings.